The second kappa shape index (κ2) is 5.31. The molecule has 2 rings (SSSR count). The van der Waals surface area contributed by atoms with Gasteiger partial charge in [-0.1, -0.05) is 30.3 Å². The van der Waals surface area contributed by atoms with E-state index in [2.05, 4.69) is 0 Å². The van der Waals surface area contributed by atoms with Crippen LogP contribution >= 0.6 is 0 Å². The Bertz CT molecular complexity index is 612. The molecule has 19 heavy (non-hydrogen) atoms. The number of hydrogen-bond acceptors (Lipinski definition) is 1. The summed E-state index contributed by atoms with van der Waals surface area (Å²) in [5.74, 6) is -2.06. The standard InChI is InChI=1S/C16H14F2O/c1-10-5-3-6-11(2)15(10)14(19)9-12-7-4-8-13(17)16(12)18/h3-8H,9H2,1-2H3. The molecule has 0 aliphatic rings. The number of hydrogen-bond donors (Lipinski definition) is 0. The lowest BCUT2D eigenvalue weighted by Crippen LogP contribution is -2.09. The Balaban J connectivity index is 2.34. The van der Waals surface area contributed by atoms with Gasteiger partial charge < -0.3 is 0 Å². The van der Waals surface area contributed by atoms with E-state index in [-0.39, 0.29) is 17.8 Å². The van der Waals surface area contributed by atoms with Crippen molar-refractivity contribution >= 4 is 5.78 Å². The van der Waals surface area contributed by atoms with Crippen LogP contribution in [0.5, 0.6) is 0 Å². The first-order chi connectivity index (χ1) is 9.00. The first-order valence-corrected chi connectivity index (χ1v) is 6.03. The molecular weight excluding hydrogens is 246 g/mol. The molecular formula is C16H14F2O. The molecule has 0 unspecified atom stereocenters. The van der Waals surface area contributed by atoms with E-state index < -0.39 is 11.6 Å². The van der Waals surface area contributed by atoms with Crippen molar-refractivity contribution < 1.29 is 13.6 Å². The Morgan fingerprint density at radius 1 is 1.00 bits per heavy atom. The average Bonchev–Trinajstić information content (AvgIpc) is 2.35. The highest BCUT2D eigenvalue weighted by Gasteiger charge is 2.16. The number of carbonyl (C=O) groups excluding carboxylic acids is 1. The maximum Gasteiger partial charge on any atom is 0.167 e. The summed E-state index contributed by atoms with van der Waals surface area (Å²) < 4.78 is 26.7. The second-order valence-corrected chi connectivity index (χ2v) is 4.58. The molecule has 0 aliphatic heterocycles. The number of halogens is 2. The van der Waals surface area contributed by atoms with Crippen LogP contribution in [0, 0.1) is 25.5 Å². The zero-order valence-corrected chi connectivity index (χ0v) is 10.8. The molecule has 0 N–H and O–H groups in total. The van der Waals surface area contributed by atoms with Gasteiger partial charge in [0.15, 0.2) is 17.4 Å². The normalized spacial score (nSPS) is 10.5. The summed E-state index contributed by atoms with van der Waals surface area (Å²) in [6.45, 7) is 3.67. The monoisotopic (exact) mass is 260 g/mol. The molecule has 0 fully saturated rings. The van der Waals surface area contributed by atoms with Crippen LogP contribution in [0.2, 0.25) is 0 Å². The minimum atomic E-state index is -0.943. The second-order valence-electron chi connectivity index (χ2n) is 4.58. The predicted octanol–water partition coefficient (Wildman–Crippen LogP) is 4.01. The first-order valence-electron chi connectivity index (χ1n) is 6.03. The summed E-state index contributed by atoms with van der Waals surface area (Å²) >= 11 is 0. The van der Waals surface area contributed by atoms with Gasteiger partial charge in [-0.15, -0.1) is 0 Å². The highest BCUT2D eigenvalue weighted by atomic mass is 19.2. The minimum Gasteiger partial charge on any atom is -0.294 e. The van der Waals surface area contributed by atoms with Crippen molar-refractivity contribution in [2.75, 3.05) is 0 Å². The topological polar surface area (TPSA) is 17.1 Å². The van der Waals surface area contributed by atoms with Crippen molar-refractivity contribution in [1.29, 1.82) is 0 Å². The van der Waals surface area contributed by atoms with Gasteiger partial charge in [0.1, 0.15) is 0 Å². The van der Waals surface area contributed by atoms with E-state index >= 15 is 0 Å². The van der Waals surface area contributed by atoms with Crippen LogP contribution in [0.4, 0.5) is 8.78 Å². The maximum absolute atomic E-state index is 13.6. The van der Waals surface area contributed by atoms with E-state index in [1.165, 1.54) is 12.1 Å². The summed E-state index contributed by atoms with van der Waals surface area (Å²) in [5, 5.41) is 0. The molecule has 0 aliphatic carbocycles. The lowest BCUT2D eigenvalue weighted by Gasteiger charge is -2.09. The molecule has 0 atom stereocenters. The van der Waals surface area contributed by atoms with Crippen molar-refractivity contribution in [3.63, 3.8) is 0 Å². The number of aryl methyl sites for hydroxylation is 2. The summed E-state index contributed by atoms with van der Waals surface area (Å²) in [6.07, 6.45) is -0.130. The quantitative estimate of drug-likeness (QED) is 0.762. The zero-order valence-electron chi connectivity index (χ0n) is 10.8. The number of rotatable bonds is 3. The van der Waals surface area contributed by atoms with E-state index in [4.69, 9.17) is 0 Å². The van der Waals surface area contributed by atoms with Crippen LogP contribution in [-0.2, 0) is 6.42 Å². The first kappa shape index (κ1) is 13.4. The molecule has 0 saturated carbocycles. The summed E-state index contributed by atoms with van der Waals surface area (Å²) in [4.78, 5) is 12.2. The molecule has 2 aromatic carbocycles. The third-order valence-corrected chi connectivity index (χ3v) is 3.14. The smallest absolute Gasteiger partial charge is 0.167 e. The van der Waals surface area contributed by atoms with E-state index in [0.29, 0.717) is 5.56 Å². The Labute approximate surface area is 110 Å². The van der Waals surface area contributed by atoms with E-state index in [9.17, 15) is 13.6 Å². The molecule has 0 saturated heterocycles. The summed E-state index contributed by atoms with van der Waals surface area (Å²) in [7, 11) is 0. The van der Waals surface area contributed by atoms with Crippen LogP contribution < -0.4 is 0 Å². The molecule has 1 nitrogen and oxygen atoms in total. The van der Waals surface area contributed by atoms with Gasteiger partial charge in [-0.3, -0.25) is 4.79 Å². The van der Waals surface area contributed by atoms with Crippen molar-refractivity contribution in [3.8, 4) is 0 Å². The Kier molecular flexibility index (Phi) is 3.74. The predicted molar refractivity (Wildman–Crippen MR) is 70.3 cm³/mol. The number of carbonyl (C=O) groups is 1. The highest BCUT2D eigenvalue weighted by molar-refractivity contribution is 6.00. The van der Waals surface area contributed by atoms with Gasteiger partial charge in [-0.2, -0.15) is 0 Å². The molecule has 0 aromatic heterocycles. The summed E-state index contributed by atoms with van der Waals surface area (Å²) in [6, 6.07) is 9.42. The molecule has 0 spiro atoms. The van der Waals surface area contributed by atoms with Crippen molar-refractivity contribution in [2.24, 2.45) is 0 Å². The lowest BCUT2D eigenvalue weighted by atomic mass is 9.95. The molecule has 0 heterocycles. The van der Waals surface area contributed by atoms with Crippen LogP contribution in [0.25, 0.3) is 0 Å². The third-order valence-electron chi connectivity index (χ3n) is 3.14. The fourth-order valence-corrected chi connectivity index (χ4v) is 2.20. The van der Waals surface area contributed by atoms with Crippen LogP contribution in [0.15, 0.2) is 36.4 Å². The number of ketones is 1. The maximum atomic E-state index is 13.6. The fraction of sp³-hybridized carbons (Fsp3) is 0.188. The highest BCUT2D eigenvalue weighted by Crippen LogP contribution is 2.18. The molecule has 3 heteroatoms. The van der Waals surface area contributed by atoms with E-state index in [1.807, 2.05) is 32.0 Å². The minimum absolute atomic E-state index is 0.0904. The van der Waals surface area contributed by atoms with Gasteiger partial charge in [0, 0.05) is 12.0 Å². The zero-order chi connectivity index (χ0) is 14.0. The fourth-order valence-electron chi connectivity index (χ4n) is 2.20. The summed E-state index contributed by atoms with van der Waals surface area (Å²) in [5.41, 5.74) is 2.38. The van der Waals surface area contributed by atoms with Gasteiger partial charge >= 0.3 is 0 Å². The third kappa shape index (κ3) is 2.70. The lowest BCUT2D eigenvalue weighted by molar-refractivity contribution is 0.0990. The van der Waals surface area contributed by atoms with Crippen LogP contribution in [-0.4, -0.2) is 5.78 Å². The van der Waals surface area contributed by atoms with Gasteiger partial charge in [0.05, 0.1) is 0 Å². The van der Waals surface area contributed by atoms with Crippen LogP contribution in [0.3, 0.4) is 0 Å². The van der Waals surface area contributed by atoms with E-state index in [0.717, 1.165) is 17.2 Å². The molecule has 2 aromatic rings. The van der Waals surface area contributed by atoms with Gasteiger partial charge in [0.2, 0.25) is 0 Å². The van der Waals surface area contributed by atoms with Gasteiger partial charge in [0.25, 0.3) is 0 Å². The molecule has 0 bridgehead atoms. The Morgan fingerprint density at radius 2 is 1.58 bits per heavy atom. The van der Waals surface area contributed by atoms with Crippen molar-refractivity contribution in [2.45, 2.75) is 20.3 Å². The van der Waals surface area contributed by atoms with Gasteiger partial charge in [-0.25, -0.2) is 8.78 Å². The van der Waals surface area contributed by atoms with E-state index in [1.54, 1.807) is 0 Å². The molecule has 0 amide bonds. The number of Topliss-reactive ketones (excluding diaryl/α,β-unsaturated/α-hetero) is 1. The Hall–Kier alpha value is -2.03. The van der Waals surface area contributed by atoms with Gasteiger partial charge in [-0.05, 0) is 36.6 Å². The van der Waals surface area contributed by atoms with Crippen molar-refractivity contribution in [3.05, 3.63) is 70.3 Å². The van der Waals surface area contributed by atoms with Crippen LogP contribution in [0.1, 0.15) is 27.0 Å². The SMILES string of the molecule is Cc1cccc(C)c1C(=O)Cc1cccc(F)c1F. The Morgan fingerprint density at radius 3 is 2.21 bits per heavy atom. The van der Waals surface area contributed by atoms with Crippen molar-refractivity contribution in [1.82, 2.24) is 0 Å². The molecule has 0 radical (unpaired) electrons. The molecule has 98 valence electrons. The largest absolute Gasteiger partial charge is 0.294 e. The number of benzene rings is 2. The average molecular weight is 260 g/mol.